The Morgan fingerprint density at radius 3 is 2.38 bits per heavy atom. The lowest BCUT2D eigenvalue weighted by Crippen LogP contribution is -2.28. The SMILES string of the molecule is CN(C)CCN(C)c1nc2cc(NC(=O)Oc3ccc(-c4ccccc4)cc3)ccc2o1. The second kappa shape index (κ2) is 9.53. The van der Waals surface area contributed by atoms with E-state index in [1.807, 2.05) is 68.5 Å². The molecule has 0 unspecified atom stereocenters. The van der Waals surface area contributed by atoms with E-state index >= 15 is 0 Å². The second-order valence-electron chi connectivity index (χ2n) is 7.81. The molecule has 164 valence electrons. The molecule has 32 heavy (non-hydrogen) atoms. The number of anilines is 2. The van der Waals surface area contributed by atoms with Crippen molar-refractivity contribution < 1.29 is 13.9 Å². The third-order valence-corrected chi connectivity index (χ3v) is 5.00. The highest BCUT2D eigenvalue weighted by Gasteiger charge is 2.12. The molecular weight excluding hydrogens is 404 g/mol. The molecule has 7 nitrogen and oxygen atoms in total. The first-order valence-corrected chi connectivity index (χ1v) is 10.4. The number of aromatic nitrogens is 1. The van der Waals surface area contributed by atoms with Gasteiger partial charge >= 0.3 is 6.09 Å². The predicted octanol–water partition coefficient (Wildman–Crippen LogP) is 5.10. The third kappa shape index (κ3) is 5.25. The number of oxazole rings is 1. The van der Waals surface area contributed by atoms with E-state index < -0.39 is 6.09 Å². The molecule has 0 radical (unpaired) electrons. The number of amides is 1. The van der Waals surface area contributed by atoms with E-state index in [-0.39, 0.29) is 0 Å². The first-order valence-electron chi connectivity index (χ1n) is 10.4. The highest BCUT2D eigenvalue weighted by molar-refractivity contribution is 5.89. The Labute approximate surface area is 187 Å². The van der Waals surface area contributed by atoms with Gasteiger partial charge in [-0.2, -0.15) is 4.98 Å². The van der Waals surface area contributed by atoms with Gasteiger partial charge in [0.05, 0.1) is 0 Å². The first kappa shape index (κ1) is 21.4. The molecule has 7 heteroatoms. The molecule has 0 aliphatic heterocycles. The number of hydrogen-bond acceptors (Lipinski definition) is 6. The lowest BCUT2D eigenvalue weighted by molar-refractivity contribution is 0.215. The van der Waals surface area contributed by atoms with Crippen molar-refractivity contribution in [3.05, 3.63) is 72.8 Å². The van der Waals surface area contributed by atoms with Crippen molar-refractivity contribution in [2.45, 2.75) is 0 Å². The maximum atomic E-state index is 12.3. The number of nitrogens with zero attached hydrogens (tertiary/aromatic N) is 3. The lowest BCUT2D eigenvalue weighted by Gasteiger charge is -2.17. The van der Waals surface area contributed by atoms with Gasteiger partial charge < -0.3 is 19.0 Å². The van der Waals surface area contributed by atoms with Gasteiger partial charge in [-0.3, -0.25) is 5.32 Å². The Hall–Kier alpha value is -3.84. The molecule has 0 bridgehead atoms. The van der Waals surface area contributed by atoms with Gasteiger partial charge in [-0.15, -0.1) is 0 Å². The minimum atomic E-state index is -0.566. The van der Waals surface area contributed by atoms with Gasteiger partial charge in [-0.1, -0.05) is 42.5 Å². The summed E-state index contributed by atoms with van der Waals surface area (Å²) in [5.74, 6) is 0.467. The van der Waals surface area contributed by atoms with Crippen LogP contribution in [0.25, 0.3) is 22.2 Å². The zero-order valence-electron chi connectivity index (χ0n) is 18.4. The number of carbonyl (C=O) groups is 1. The Bertz CT molecular complexity index is 1190. The van der Waals surface area contributed by atoms with E-state index in [0.717, 1.165) is 24.2 Å². The quantitative estimate of drug-likeness (QED) is 0.440. The number of carbonyl (C=O) groups excluding carboxylic acids is 1. The minimum absolute atomic E-state index is 0.467. The van der Waals surface area contributed by atoms with Crippen LogP contribution < -0.4 is 15.0 Å². The van der Waals surface area contributed by atoms with Gasteiger partial charge in [0.2, 0.25) is 0 Å². The molecule has 1 heterocycles. The van der Waals surface area contributed by atoms with Gasteiger partial charge in [0.1, 0.15) is 11.3 Å². The molecule has 0 saturated heterocycles. The van der Waals surface area contributed by atoms with Crippen molar-refractivity contribution in [2.24, 2.45) is 0 Å². The minimum Gasteiger partial charge on any atom is -0.423 e. The number of hydrogen-bond donors (Lipinski definition) is 1. The van der Waals surface area contributed by atoms with Crippen LogP contribution in [0.4, 0.5) is 16.5 Å². The summed E-state index contributed by atoms with van der Waals surface area (Å²) in [6.45, 7) is 1.68. The van der Waals surface area contributed by atoms with Crippen LogP contribution >= 0.6 is 0 Å². The smallest absolute Gasteiger partial charge is 0.417 e. The van der Waals surface area contributed by atoms with Crippen LogP contribution in [0.15, 0.2) is 77.2 Å². The highest BCUT2D eigenvalue weighted by Crippen LogP contribution is 2.25. The molecule has 1 aromatic heterocycles. The van der Waals surface area contributed by atoms with E-state index in [1.54, 1.807) is 30.3 Å². The molecule has 0 fully saturated rings. The molecule has 0 saturated carbocycles. The molecule has 0 spiro atoms. The number of nitrogens with one attached hydrogen (secondary N) is 1. The van der Waals surface area contributed by atoms with Gasteiger partial charge in [-0.05, 0) is 55.6 Å². The summed E-state index contributed by atoms with van der Waals surface area (Å²) in [7, 11) is 5.98. The predicted molar refractivity (Wildman–Crippen MR) is 127 cm³/mol. The monoisotopic (exact) mass is 430 g/mol. The molecule has 1 N–H and O–H groups in total. The van der Waals surface area contributed by atoms with Crippen molar-refractivity contribution >= 4 is 28.9 Å². The maximum Gasteiger partial charge on any atom is 0.417 e. The van der Waals surface area contributed by atoms with Gasteiger partial charge in [0.25, 0.3) is 6.01 Å². The van der Waals surface area contributed by atoms with E-state index in [1.165, 1.54) is 0 Å². The lowest BCUT2D eigenvalue weighted by atomic mass is 10.1. The Kier molecular flexibility index (Phi) is 6.37. The number of likely N-dealkylation sites (N-methyl/N-ethyl adjacent to an activating group) is 2. The molecule has 0 aliphatic rings. The van der Waals surface area contributed by atoms with Gasteiger partial charge in [0, 0.05) is 25.8 Å². The number of fused-ring (bicyclic) bond motifs is 1. The standard InChI is InChI=1S/C25H26N4O3/c1-28(2)15-16-29(3)24-27-22-17-20(11-14-23(22)32-24)26-25(30)31-21-12-9-19(10-13-21)18-7-5-4-6-8-18/h4-14,17H,15-16H2,1-3H3,(H,26,30). The van der Waals surface area contributed by atoms with Crippen LogP contribution in [0.5, 0.6) is 5.75 Å². The molecule has 3 aromatic carbocycles. The van der Waals surface area contributed by atoms with Crippen molar-refractivity contribution in [3.8, 4) is 16.9 Å². The summed E-state index contributed by atoms with van der Waals surface area (Å²) in [6, 6.07) is 23.3. The zero-order valence-corrected chi connectivity index (χ0v) is 18.4. The topological polar surface area (TPSA) is 70.8 Å². The molecule has 1 amide bonds. The average molecular weight is 431 g/mol. The number of rotatable bonds is 7. The number of ether oxygens (including phenoxy) is 1. The Morgan fingerprint density at radius 1 is 0.938 bits per heavy atom. The van der Waals surface area contributed by atoms with Crippen LogP contribution in [0.1, 0.15) is 0 Å². The first-order chi connectivity index (χ1) is 15.5. The normalized spacial score (nSPS) is 11.0. The molecule has 0 aliphatic carbocycles. The van der Waals surface area contributed by atoms with Crippen LogP contribution in [-0.2, 0) is 0 Å². The van der Waals surface area contributed by atoms with Gasteiger partial charge in [-0.25, -0.2) is 4.79 Å². The third-order valence-electron chi connectivity index (χ3n) is 5.00. The molecule has 0 atom stereocenters. The fourth-order valence-electron chi connectivity index (χ4n) is 3.20. The summed E-state index contributed by atoms with van der Waals surface area (Å²) in [4.78, 5) is 20.9. The average Bonchev–Trinajstić information content (AvgIpc) is 3.22. The van der Waals surface area contributed by atoms with Crippen molar-refractivity contribution in [2.75, 3.05) is 44.4 Å². The van der Waals surface area contributed by atoms with Gasteiger partial charge in [0.15, 0.2) is 5.58 Å². The van der Waals surface area contributed by atoms with Crippen LogP contribution in [0.3, 0.4) is 0 Å². The second-order valence-corrected chi connectivity index (χ2v) is 7.81. The van der Waals surface area contributed by atoms with Crippen LogP contribution in [-0.4, -0.2) is 50.2 Å². The Morgan fingerprint density at radius 2 is 1.66 bits per heavy atom. The maximum absolute atomic E-state index is 12.3. The summed E-state index contributed by atoms with van der Waals surface area (Å²) in [6.07, 6.45) is -0.566. The summed E-state index contributed by atoms with van der Waals surface area (Å²) < 4.78 is 11.2. The van der Waals surface area contributed by atoms with Crippen LogP contribution in [0.2, 0.25) is 0 Å². The van der Waals surface area contributed by atoms with E-state index in [2.05, 4.69) is 15.2 Å². The summed E-state index contributed by atoms with van der Waals surface area (Å²) in [5, 5.41) is 2.74. The van der Waals surface area contributed by atoms with E-state index in [4.69, 9.17) is 9.15 Å². The summed E-state index contributed by atoms with van der Waals surface area (Å²) in [5.41, 5.74) is 4.07. The molecular formula is C25H26N4O3. The largest absolute Gasteiger partial charge is 0.423 e. The van der Waals surface area contributed by atoms with Crippen molar-refractivity contribution in [1.29, 1.82) is 0 Å². The van der Waals surface area contributed by atoms with E-state index in [9.17, 15) is 4.79 Å². The Balaban J connectivity index is 1.39. The summed E-state index contributed by atoms with van der Waals surface area (Å²) >= 11 is 0. The van der Waals surface area contributed by atoms with Crippen molar-refractivity contribution in [3.63, 3.8) is 0 Å². The fourth-order valence-corrected chi connectivity index (χ4v) is 3.20. The fraction of sp³-hybridized carbons (Fsp3) is 0.200. The van der Waals surface area contributed by atoms with E-state index in [0.29, 0.717) is 28.6 Å². The number of benzene rings is 3. The zero-order chi connectivity index (χ0) is 22.5. The highest BCUT2D eigenvalue weighted by atomic mass is 16.6. The molecule has 4 rings (SSSR count). The molecule has 4 aromatic rings. The van der Waals surface area contributed by atoms with Crippen molar-refractivity contribution in [1.82, 2.24) is 9.88 Å². The van der Waals surface area contributed by atoms with Crippen LogP contribution in [0, 0.1) is 0 Å².